The van der Waals surface area contributed by atoms with Crippen molar-refractivity contribution in [3.63, 3.8) is 0 Å². The Labute approximate surface area is 257 Å². The van der Waals surface area contributed by atoms with Crippen LogP contribution in [0.15, 0.2) is 23.0 Å². The molecule has 0 radical (unpaired) electrons. The molecule has 2 atom stereocenters. The molecule has 6 heterocycles. The highest BCUT2D eigenvalue weighted by Gasteiger charge is 2.51. The van der Waals surface area contributed by atoms with Crippen molar-refractivity contribution in [1.29, 1.82) is 0 Å². The average molecular weight is 626 g/mol. The Kier molecular flexibility index (Phi) is 6.97. The number of nitrogens with zero attached hydrogens (tertiary/aromatic N) is 4. The molecule has 45 heavy (non-hydrogen) atoms. The Balaban J connectivity index is 1.33. The Morgan fingerprint density at radius 1 is 1.22 bits per heavy atom. The Bertz CT molecular complexity index is 1810. The first-order valence-electron chi connectivity index (χ1n) is 15.2. The van der Waals surface area contributed by atoms with E-state index in [0.29, 0.717) is 45.5 Å². The molecule has 0 bridgehead atoms. The van der Waals surface area contributed by atoms with E-state index in [0.717, 1.165) is 19.4 Å². The topological polar surface area (TPSA) is 106 Å². The Hall–Kier alpha value is -3.97. The lowest BCUT2D eigenvalue weighted by atomic mass is 9.85. The summed E-state index contributed by atoms with van der Waals surface area (Å²) >= 11 is 0. The quantitative estimate of drug-likeness (QED) is 0.323. The molecule has 0 saturated carbocycles. The number of esters is 1. The van der Waals surface area contributed by atoms with Crippen molar-refractivity contribution >= 4 is 23.0 Å². The van der Waals surface area contributed by atoms with Crippen molar-refractivity contribution < 1.29 is 32.2 Å². The van der Waals surface area contributed by atoms with Gasteiger partial charge in [0.05, 0.1) is 42.1 Å². The smallest absolute Gasteiger partial charge is 0.411 e. The van der Waals surface area contributed by atoms with Crippen molar-refractivity contribution in [2.45, 2.75) is 70.4 Å². The summed E-state index contributed by atoms with van der Waals surface area (Å²) in [4.78, 5) is 48.6. The molecule has 7 rings (SSSR count). The van der Waals surface area contributed by atoms with Crippen LogP contribution in [-0.4, -0.2) is 76.6 Å². The highest BCUT2D eigenvalue weighted by atomic mass is 19.3. The van der Waals surface area contributed by atoms with Crippen LogP contribution in [0, 0.1) is 12.7 Å². The molecule has 4 aliphatic heterocycles. The number of halogens is 3. The first-order chi connectivity index (χ1) is 21.4. The van der Waals surface area contributed by atoms with Crippen LogP contribution in [0.2, 0.25) is 0 Å². The number of pyridine rings is 2. The molecule has 10 nitrogen and oxygen atoms in total. The summed E-state index contributed by atoms with van der Waals surface area (Å²) in [5, 5.41) is 3.96. The number of fused-ring (bicyclic) bond motifs is 5. The van der Waals surface area contributed by atoms with Crippen LogP contribution in [0.4, 0.5) is 18.0 Å². The zero-order valence-corrected chi connectivity index (χ0v) is 25.3. The average Bonchev–Trinajstić information content (AvgIpc) is 3.62. The summed E-state index contributed by atoms with van der Waals surface area (Å²) in [5.74, 6) is -4.01. The highest BCUT2D eigenvalue weighted by Crippen LogP contribution is 2.43. The van der Waals surface area contributed by atoms with E-state index >= 15 is 0 Å². The number of alkyl halides is 2. The molecular formula is C32H34F3N5O5. The number of benzene rings is 1. The van der Waals surface area contributed by atoms with Gasteiger partial charge >= 0.3 is 12.1 Å². The third kappa shape index (κ3) is 4.78. The number of ether oxygens (including phenoxy) is 2. The number of aryl methyl sites for hydroxylation is 1. The maximum absolute atomic E-state index is 14.8. The summed E-state index contributed by atoms with van der Waals surface area (Å²) in [7, 11) is 1.60. The third-order valence-electron chi connectivity index (χ3n) is 9.58. The normalized spacial score (nSPS) is 23.2. The van der Waals surface area contributed by atoms with Gasteiger partial charge in [0.1, 0.15) is 12.4 Å². The second-order valence-electron chi connectivity index (χ2n) is 12.6. The van der Waals surface area contributed by atoms with Gasteiger partial charge in [-0.05, 0) is 56.0 Å². The molecule has 1 amide bonds. The van der Waals surface area contributed by atoms with Gasteiger partial charge in [0.15, 0.2) is 0 Å². The molecule has 0 unspecified atom stereocenters. The molecule has 1 N–H and O–H groups in total. The van der Waals surface area contributed by atoms with Gasteiger partial charge in [-0.1, -0.05) is 6.92 Å². The van der Waals surface area contributed by atoms with Gasteiger partial charge in [0.2, 0.25) is 5.60 Å². The third-order valence-corrected chi connectivity index (χ3v) is 9.58. The fourth-order valence-electron chi connectivity index (χ4n) is 7.12. The summed E-state index contributed by atoms with van der Waals surface area (Å²) in [6, 6.07) is 4.72. The lowest BCUT2D eigenvalue weighted by Crippen LogP contribution is -2.55. The second kappa shape index (κ2) is 10.5. The standard InChI is InChI=1S/C32H34F3N5O5/c1-4-32(45-30(43)38(3)11-18-6-5-7-36-18)23-9-26-27-21(13-40(26)28(41)22(23)14-44-29(32)42)20(12-39-15-31(34,35)16-39)19-8-17(2)24(33)10-25(19)37-27/h8-10,18,36H,4-7,11-16H2,1-3H3/t18-,32-/m0/s1. The number of carbonyl (C=O) groups is 2. The number of carbonyl (C=O) groups excluding carboxylic acids is 2. The summed E-state index contributed by atoms with van der Waals surface area (Å²) in [6.07, 6.45) is 1.21. The van der Waals surface area contributed by atoms with E-state index < -0.39 is 48.1 Å². The van der Waals surface area contributed by atoms with E-state index in [-0.39, 0.29) is 43.3 Å². The summed E-state index contributed by atoms with van der Waals surface area (Å²) < 4.78 is 55.2. The zero-order valence-electron chi connectivity index (χ0n) is 25.3. The molecule has 3 aromatic rings. The molecule has 0 aliphatic carbocycles. The van der Waals surface area contributed by atoms with Crippen LogP contribution in [-0.2, 0) is 39.6 Å². The molecule has 13 heteroatoms. The van der Waals surface area contributed by atoms with Crippen LogP contribution in [0.5, 0.6) is 0 Å². The minimum atomic E-state index is -2.78. The number of hydrogen-bond donors (Lipinski definition) is 1. The molecule has 4 aliphatic rings. The molecular weight excluding hydrogens is 591 g/mol. The van der Waals surface area contributed by atoms with Crippen molar-refractivity contribution in [2.75, 3.05) is 33.2 Å². The van der Waals surface area contributed by atoms with E-state index in [1.54, 1.807) is 37.9 Å². The van der Waals surface area contributed by atoms with Crippen molar-refractivity contribution in [1.82, 2.24) is 24.7 Å². The van der Waals surface area contributed by atoms with E-state index in [9.17, 15) is 27.6 Å². The fraction of sp³-hybridized carbons (Fsp3) is 0.500. The Morgan fingerprint density at radius 3 is 2.69 bits per heavy atom. The number of hydrogen-bond acceptors (Lipinski definition) is 8. The minimum Gasteiger partial charge on any atom is -0.457 e. The van der Waals surface area contributed by atoms with E-state index in [2.05, 4.69) is 5.32 Å². The van der Waals surface area contributed by atoms with Crippen LogP contribution in [0.1, 0.15) is 54.0 Å². The molecule has 0 spiro atoms. The number of likely N-dealkylation sites (N-methyl/N-ethyl adjacent to an activating group) is 1. The highest BCUT2D eigenvalue weighted by molar-refractivity contribution is 5.90. The van der Waals surface area contributed by atoms with Crippen LogP contribution >= 0.6 is 0 Å². The van der Waals surface area contributed by atoms with Gasteiger partial charge in [0, 0.05) is 48.8 Å². The van der Waals surface area contributed by atoms with Gasteiger partial charge < -0.3 is 24.3 Å². The SMILES string of the molecule is CC[C@@]1(OC(=O)N(C)C[C@@H]2CCCN2)C(=O)OCc2c1cc1n(c2=O)Cc2c-1nc1cc(F)c(C)cc1c2CN1CC(F)(F)C1. The first-order valence-corrected chi connectivity index (χ1v) is 15.2. The number of likely N-dealkylation sites (tertiary alicyclic amines) is 1. The van der Waals surface area contributed by atoms with Crippen molar-refractivity contribution in [3.8, 4) is 11.4 Å². The summed E-state index contributed by atoms with van der Waals surface area (Å²) in [5.41, 5.74) is 0.962. The molecule has 238 valence electrons. The molecule has 1 aromatic carbocycles. The van der Waals surface area contributed by atoms with Crippen molar-refractivity contribution in [2.24, 2.45) is 0 Å². The molecule has 2 fully saturated rings. The van der Waals surface area contributed by atoms with E-state index in [1.165, 1.54) is 15.5 Å². The van der Waals surface area contributed by atoms with Gasteiger partial charge in [-0.25, -0.2) is 27.7 Å². The molecule has 2 saturated heterocycles. The van der Waals surface area contributed by atoms with E-state index in [4.69, 9.17) is 14.5 Å². The predicted octanol–water partition coefficient (Wildman–Crippen LogP) is 3.81. The van der Waals surface area contributed by atoms with Crippen molar-refractivity contribution in [3.05, 3.63) is 62.2 Å². The maximum Gasteiger partial charge on any atom is 0.411 e. The van der Waals surface area contributed by atoms with Gasteiger partial charge in [-0.3, -0.25) is 9.69 Å². The maximum atomic E-state index is 14.8. The second-order valence-corrected chi connectivity index (χ2v) is 12.6. The zero-order chi connectivity index (χ0) is 31.8. The number of aromatic nitrogens is 2. The minimum absolute atomic E-state index is 0.0138. The summed E-state index contributed by atoms with van der Waals surface area (Å²) in [6.45, 7) is 3.75. The number of nitrogens with one attached hydrogen (secondary N) is 1. The largest absolute Gasteiger partial charge is 0.457 e. The van der Waals surface area contributed by atoms with Gasteiger partial charge in [-0.15, -0.1) is 0 Å². The number of amides is 1. The lowest BCUT2D eigenvalue weighted by molar-refractivity contribution is -0.173. The van der Waals surface area contributed by atoms with Crippen LogP contribution in [0.3, 0.4) is 0 Å². The van der Waals surface area contributed by atoms with Gasteiger partial charge in [0.25, 0.3) is 11.5 Å². The number of cyclic esters (lactones) is 1. The number of rotatable bonds is 6. The predicted molar refractivity (Wildman–Crippen MR) is 157 cm³/mol. The van der Waals surface area contributed by atoms with Crippen LogP contribution in [0.25, 0.3) is 22.3 Å². The van der Waals surface area contributed by atoms with Gasteiger partial charge in [-0.2, -0.15) is 0 Å². The van der Waals surface area contributed by atoms with E-state index in [1.807, 2.05) is 0 Å². The fourth-order valence-corrected chi connectivity index (χ4v) is 7.12. The first kappa shape index (κ1) is 29.7. The van der Waals surface area contributed by atoms with Crippen LogP contribution < -0.4 is 10.9 Å². The Morgan fingerprint density at radius 2 is 2.00 bits per heavy atom. The monoisotopic (exact) mass is 625 g/mol. The molecule has 2 aromatic heterocycles. The lowest BCUT2D eigenvalue weighted by Gasteiger charge is -2.39.